The monoisotopic (exact) mass is 167 g/mol. The van der Waals surface area contributed by atoms with Crippen molar-refractivity contribution < 1.29 is 0 Å². The Labute approximate surface area is 77.4 Å². The maximum absolute atomic E-state index is 5.29. The summed E-state index contributed by atoms with van der Waals surface area (Å²) in [5.41, 5.74) is 3.05. The van der Waals surface area contributed by atoms with Crippen molar-refractivity contribution in [1.82, 2.24) is 4.98 Å². The molecule has 0 aliphatic heterocycles. The average molecular weight is 167 g/mol. The van der Waals surface area contributed by atoms with E-state index in [1.54, 1.807) is 6.20 Å². The standard InChI is InChI=1S/C12H9N/c1-3-10-7-11-6-9(2)4-5-12(11)13-8-10/h1,4-8H,2H3. The van der Waals surface area contributed by atoms with E-state index in [2.05, 4.69) is 23.9 Å². The van der Waals surface area contributed by atoms with Gasteiger partial charge < -0.3 is 0 Å². The smallest absolute Gasteiger partial charge is 0.0703 e. The van der Waals surface area contributed by atoms with Gasteiger partial charge in [0.05, 0.1) is 5.52 Å². The van der Waals surface area contributed by atoms with Crippen molar-refractivity contribution in [3.63, 3.8) is 0 Å². The van der Waals surface area contributed by atoms with Gasteiger partial charge in [0.2, 0.25) is 0 Å². The SMILES string of the molecule is C#Cc1cnc2ccc(C)cc2c1. The molecule has 0 amide bonds. The van der Waals surface area contributed by atoms with Gasteiger partial charge in [-0.3, -0.25) is 4.98 Å². The Bertz CT molecular complexity index is 492. The lowest BCUT2D eigenvalue weighted by atomic mass is 10.1. The van der Waals surface area contributed by atoms with Crippen molar-refractivity contribution in [1.29, 1.82) is 0 Å². The summed E-state index contributed by atoms with van der Waals surface area (Å²) >= 11 is 0. The summed E-state index contributed by atoms with van der Waals surface area (Å²) in [6, 6.07) is 8.12. The molecular weight excluding hydrogens is 158 g/mol. The van der Waals surface area contributed by atoms with E-state index < -0.39 is 0 Å². The van der Waals surface area contributed by atoms with Crippen LogP contribution in [0, 0.1) is 19.3 Å². The molecule has 1 aromatic carbocycles. The highest BCUT2D eigenvalue weighted by molar-refractivity contribution is 5.80. The van der Waals surface area contributed by atoms with Gasteiger partial charge in [0, 0.05) is 17.1 Å². The molecule has 0 fully saturated rings. The fourth-order valence-electron chi connectivity index (χ4n) is 1.33. The van der Waals surface area contributed by atoms with Crippen molar-refractivity contribution in [3.05, 3.63) is 41.6 Å². The van der Waals surface area contributed by atoms with Crippen LogP contribution in [0.2, 0.25) is 0 Å². The fourth-order valence-corrected chi connectivity index (χ4v) is 1.33. The number of hydrogen-bond acceptors (Lipinski definition) is 1. The van der Waals surface area contributed by atoms with Gasteiger partial charge in [0.1, 0.15) is 0 Å². The molecule has 0 saturated heterocycles. The summed E-state index contributed by atoms with van der Waals surface area (Å²) in [7, 11) is 0. The number of nitrogens with zero attached hydrogens (tertiary/aromatic N) is 1. The number of aromatic nitrogens is 1. The fraction of sp³-hybridized carbons (Fsp3) is 0.0833. The Morgan fingerprint density at radius 1 is 1.31 bits per heavy atom. The predicted octanol–water partition coefficient (Wildman–Crippen LogP) is 2.52. The lowest BCUT2D eigenvalue weighted by Gasteiger charge is -1.98. The first kappa shape index (κ1) is 7.82. The summed E-state index contributed by atoms with van der Waals surface area (Å²) in [6.07, 6.45) is 7.01. The van der Waals surface area contributed by atoms with Crippen LogP contribution >= 0.6 is 0 Å². The number of hydrogen-bond donors (Lipinski definition) is 0. The van der Waals surface area contributed by atoms with Crippen molar-refractivity contribution in [3.8, 4) is 12.3 Å². The summed E-state index contributed by atoms with van der Waals surface area (Å²) in [5.74, 6) is 2.58. The van der Waals surface area contributed by atoms with Gasteiger partial charge in [-0.1, -0.05) is 17.6 Å². The molecule has 0 spiro atoms. The zero-order chi connectivity index (χ0) is 9.26. The molecule has 1 nitrogen and oxygen atoms in total. The highest BCUT2D eigenvalue weighted by Gasteiger charge is 1.95. The summed E-state index contributed by atoms with van der Waals surface area (Å²) in [5, 5.41) is 1.11. The lowest BCUT2D eigenvalue weighted by molar-refractivity contribution is 1.38. The van der Waals surface area contributed by atoms with Crippen LogP contribution in [0.25, 0.3) is 10.9 Å². The maximum atomic E-state index is 5.29. The van der Waals surface area contributed by atoms with E-state index in [0.29, 0.717) is 0 Å². The van der Waals surface area contributed by atoms with Crippen LogP contribution in [0.1, 0.15) is 11.1 Å². The number of terminal acetylenes is 1. The molecular formula is C12H9N. The molecule has 1 heterocycles. The average Bonchev–Trinajstić information content (AvgIpc) is 2.16. The first-order valence-electron chi connectivity index (χ1n) is 4.12. The second kappa shape index (κ2) is 2.91. The minimum atomic E-state index is 0.832. The zero-order valence-electron chi connectivity index (χ0n) is 7.41. The third-order valence-corrected chi connectivity index (χ3v) is 2.00. The molecule has 1 heteroatoms. The van der Waals surface area contributed by atoms with Crippen LogP contribution in [0.15, 0.2) is 30.5 Å². The molecule has 0 aliphatic rings. The maximum Gasteiger partial charge on any atom is 0.0703 e. The molecule has 62 valence electrons. The van der Waals surface area contributed by atoms with Gasteiger partial charge in [-0.2, -0.15) is 0 Å². The van der Waals surface area contributed by atoms with Crippen LogP contribution in [0.3, 0.4) is 0 Å². The van der Waals surface area contributed by atoms with Crippen molar-refractivity contribution in [2.75, 3.05) is 0 Å². The van der Waals surface area contributed by atoms with Crippen LogP contribution in [-0.4, -0.2) is 4.98 Å². The summed E-state index contributed by atoms with van der Waals surface area (Å²) in [6.45, 7) is 2.06. The van der Waals surface area contributed by atoms with E-state index in [4.69, 9.17) is 6.42 Å². The third kappa shape index (κ3) is 1.39. The minimum Gasteiger partial charge on any atom is -0.255 e. The van der Waals surface area contributed by atoms with Gasteiger partial charge in [-0.25, -0.2) is 0 Å². The van der Waals surface area contributed by atoms with Crippen molar-refractivity contribution in [2.45, 2.75) is 6.92 Å². The van der Waals surface area contributed by atoms with Crippen LogP contribution in [0.4, 0.5) is 0 Å². The zero-order valence-corrected chi connectivity index (χ0v) is 7.41. The van der Waals surface area contributed by atoms with Crippen molar-refractivity contribution >= 4 is 10.9 Å². The molecule has 0 unspecified atom stereocenters. The molecule has 0 N–H and O–H groups in total. The highest BCUT2D eigenvalue weighted by atomic mass is 14.6. The molecule has 0 saturated carbocycles. The molecule has 0 aliphatic carbocycles. The topological polar surface area (TPSA) is 12.9 Å². The van der Waals surface area contributed by atoms with Crippen molar-refractivity contribution in [2.24, 2.45) is 0 Å². The van der Waals surface area contributed by atoms with Gasteiger partial charge in [0.15, 0.2) is 0 Å². The molecule has 2 rings (SSSR count). The van der Waals surface area contributed by atoms with Crippen LogP contribution < -0.4 is 0 Å². The molecule has 13 heavy (non-hydrogen) atoms. The van der Waals surface area contributed by atoms with E-state index in [9.17, 15) is 0 Å². The first-order chi connectivity index (χ1) is 6.29. The predicted molar refractivity (Wildman–Crippen MR) is 54.4 cm³/mol. The number of rotatable bonds is 0. The third-order valence-electron chi connectivity index (χ3n) is 2.00. The Morgan fingerprint density at radius 2 is 2.15 bits per heavy atom. The van der Waals surface area contributed by atoms with Gasteiger partial charge >= 0.3 is 0 Å². The lowest BCUT2D eigenvalue weighted by Crippen LogP contribution is -1.82. The molecule has 1 aromatic heterocycles. The van der Waals surface area contributed by atoms with E-state index in [-0.39, 0.29) is 0 Å². The summed E-state index contributed by atoms with van der Waals surface area (Å²) < 4.78 is 0. The number of aryl methyl sites for hydroxylation is 1. The molecule has 2 aromatic rings. The van der Waals surface area contributed by atoms with E-state index in [1.807, 2.05) is 18.2 Å². The van der Waals surface area contributed by atoms with E-state index >= 15 is 0 Å². The minimum absolute atomic E-state index is 0.832. The quantitative estimate of drug-likeness (QED) is 0.549. The second-order valence-corrected chi connectivity index (χ2v) is 3.06. The Kier molecular flexibility index (Phi) is 1.75. The van der Waals surface area contributed by atoms with Gasteiger partial charge in [-0.15, -0.1) is 6.42 Å². The Balaban J connectivity index is 2.77. The van der Waals surface area contributed by atoms with Crippen LogP contribution in [0.5, 0.6) is 0 Å². The normalized spacial score (nSPS) is 9.85. The van der Waals surface area contributed by atoms with Crippen LogP contribution in [-0.2, 0) is 0 Å². The first-order valence-corrected chi connectivity index (χ1v) is 4.12. The Morgan fingerprint density at radius 3 is 2.92 bits per heavy atom. The van der Waals surface area contributed by atoms with E-state index in [1.165, 1.54) is 5.56 Å². The Hall–Kier alpha value is -1.81. The van der Waals surface area contributed by atoms with Gasteiger partial charge in [-0.05, 0) is 25.1 Å². The van der Waals surface area contributed by atoms with Gasteiger partial charge in [0.25, 0.3) is 0 Å². The summed E-state index contributed by atoms with van der Waals surface area (Å²) in [4.78, 5) is 4.25. The largest absolute Gasteiger partial charge is 0.255 e. The second-order valence-electron chi connectivity index (χ2n) is 3.06. The molecule has 0 bridgehead atoms. The number of benzene rings is 1. The van der Waals surface area contributed by atoms with E-state index in [0.717, 1.165) is 16.5 Å². The highest BCUT2D eigenvalue weighted by Crippen LogP contribution is 2.14. The number of pyridine rings is 1. The molecule has 0 atom stereocenters. The molecule has 0 radical (unpaired) electrons. The number of fused-ring (bicyclic) bond motifs is 1.